The molecular weight excluding hydrogens is 220 g/mol. The fourth-order valence-electron chi connectivity index (χ4n) is 4.03. The van der Waals surface area contributed by atoms with E-state index in [0.29, 0.717) is 17.4 Å². The molecule has 2 aliphatic rings. The van der Waals surface area contributed by atoms with Crippen molar-refractivity contribution in [2.45, 2.75) is 59.4 Å². The number of nitrogens with two attached hydrogens (primary N) is 1. The van der Waals surface area contributed by atoms with Crippen molar-refractivity contribution in [3.05, 3.63) is 0 Å². The third-order valence-electron chi connectivity index (χ3n) is 5.94. The van der Waals surface area contributed by atoms with Gasteiger partial charge in [0.2, 0.25) is 0 Å². The van der Waals surface area contributed by atoms with Crippen molar-refractivity contribution in [3.63, 3.8) is 0 Å². The van der Waals surface area contributed by atoms with Crippen LogP contribution in [0.2, 0.25) is 0 Å². The minimum absolute atomic E-state index is 0.401. The molecule has 2 rings (SSSR count). The molecule has 2 N–H and O–H groups in total. The fraction of sp³-hybridized carbons (Fsp3) is 1.00. The Balaban J connectivity index is 1.96. The first-order valence-corrected chi connectivity index (χ1v) is 7.89. The lowest BCUT2D eigenvalue weighted by molar-refractivity contribution is 0.0200. The summed E-state index contributed by atoms with van der Waals surface area (Å²) in [6.45, 7) is 13.6. The van der Waals surface area contributed by atoms with Crippen LogP contribution in [0.4, 0.5) is 0 Å². The number of likely N-dealkylation sites (tertiary alicyclic amines) is 1. The van der Waals surface area contributed by atoms with Crippen molar-refractivity contribution in [3.8, 4) is 0 Å². The molecule has 2 fully saturated rings. The maximum Gasteiger partial charge on any atom is 0.00698 e. The van der Waals surface area contributed by atoms with Crippen molar-refractivity contribution in [2.24, 2.45) is 28.9 Å². The van der Waals surface area contributed by atoms with Crippen LogP contribution in [0.5, 0.6) is 0 Å². The Hall–Kier alpha value is -0.0800. The fourth-order valence-corrected chi connectivity index (χ4v) is 4.03. The summed E-state index contributed by atoms with van der Waals surface area (Å²) in [4.78, 5) is 2.71. The first-order chi connectivity index (χ1) is 8.41. The van der Waals surface area contributed by atoms with Crippen LogP contribution in [0.3, 0.4) is 0 Å². The Labute approximate surface area is 113 Å². The highest BCUT2D eigenvalue weighted by molar-refractivity contribution is 4.94. The molecule has 4 unspecified atom stereocenters. The zero-order chi connectivity index (χ0) is 13.3. The highest BCUT2D eigenvalue weighted by Gasteiger charge is 2.42. The first-order valence-electron chi connectivity index (χ1n) is 7.89. The van der Waals surface area contributed by atoms with Gasteiger partial charge in [-0.3, -0.25) is 0 Å². The van der Waals surface area contributed by atoms with Gasteiger partial charge >= 0.3 is 0 Å². The Morgan fingerprint density at radius 2 is 1.89 bits per heavy atom. The lowest BCUT2D eigenvalue weighted by Crippen LogP contribution is -2.51. The molecule has 0 aromatic carbocycles. The van der Waals surface area contributed by atoms with E-state index in [2.05, 4.69) is 32.6 Å². The van der Waals surface area contributed by atoms with Crippen LogP contribution in [0.15, 0.2) is 0 Å². The summed E-state index contributed by atoms with van der Waals surface area (Å²) in [5, 5.41) is 0. The Kier molecular flexibility index (Phi) is 4.38. The van der Waals surface area contributed by atoms with Gasteiger partial charge in [0.05, 0.1) is 0 Å². The summed E-state index contributed by atoms with van der Waals surface area (Å²) < 4.78 is 0. The van der Waals surface area contributed by atoms with E-state index in [1.165, 1.54) is 45.3 Å². The molecule has 106 valence electrons. The lowest BCUT2D eigenvalue weighted by atomic mass is 9.61. The number of hydrogen-bond donors (Lipinski definition) is 1. The third-order valence-corrected chi connectivity index (χ3v) is 5.94. The molecule has 0 aromatic rings. The maximum atomic E-state index is 6.26. The van der Waals surface area contributed by atoms with Crippen molar-refractivity contribution in [1.29, 1.82) is 0 Å². The Morgan fingerprint density at radius 3 is 2.56 bits per heavy atom. The van der Waals surface area contributed by atoms with E-state index in [9.17, 15) is 0 Å². The summed E-state index contributed by atoms with van der Waals surface area (Å²) in [5.74, 6) is 2.38. The van der Waals surface area contributed by atoms with Crippen LogP contribution in [0.25, 0.3) is 0 Å². The van der Waals surface area contributed by atoms with Gasteiger partial charge in [-0.15, -0.1) is 0 Å². The average Bonchev–Trinajstić information content (AvgIpc) is 2.31. The van der Waals surface area contributed by atoms with Crippen molar-refractivity contribution in [1.82, 2.24) is 4.90 Å². The summed E-state index contributed by atoms with van der Waals surface area (Å²) in [5.41, 5.74) is 6.66. The molecule has 1 heterocycles. The maximum absolute atomic E-state index is 6.26. The van der Waals surface area contributed by atoms with Crippen molar-refractivity contribution < 1.29 is 0 Å². The van der Waals surface area contributed by atoms with Gasteiger partial charge in [-0.05, 0) is 55.4 Å². The minimum Gasteiger partial charge on any atom is -0.327 e. The van der Waals surface area contributed by atoms with Gasteiger partial charge in [-0.25, -0.2) is 0 Å². The monoisotopic (exact) mass is 252 g/mol. The third kappa shape index (κ3) is 2.91. The van der Waals surface area contributed by atoms with Crippen LogP contribution in [0.1, 0.15) is 53.4 Å². The SMILES string of the molecule is CC1CCCN(CC2CCC(N)C(C)C2(C)C)C1. The smallest absolute Gasteiger partial charge is 0.00698 e. The molecule has 0 bridgehead atoms. The predicted octanol–water partition coefficient (Wildman–Crippen LogP) is 3.12. The topological polar surface area (TPSA) is 29.3 Å². The zero-order valence-corrected chi connectivity index (χ0v) is 12.8. The molecule has 1 saturated carbocycles. The van der Waals surface area contributed by atoms with Gasteiger partial charge in [0.15, 0.2) is 0 Å². The van der Waals surface area contributed by atoms with Gasteiger partial charge in [-0.1, -0.05) is 27.7 Å². The van der Waals surface area contributed by atoms with E-state index in [0.717, 1.165) is 11.8 Å². The highest BCUT2D eigenvalue weighted by Crippen LogP contribution is 2.44. The van der Waals surface area contributed by atoms with Gasteiger partial charge in [0, 0.05) is 19.1 Å². The second-order valence-electron chi connectivity index (χ2n) is 7.56. The molecule has 4 atom stereocenters. The predicted molar refractivity (Wildman–Crippen MR) is 78.5 cm³/mol. The van der Waals surface area contributed by atoms with E-state index >= 15 is 0 Å². The van der Waals surface area contributed by atoms with Crippen LogP contribution in [-0.4, -0.2) is 30.6 Å². The molecule has 0 aromatic heterocycles. The molecular formula is C16H32N2. The summed E-state index contributed by atoms with van der Waals surface area (Å²) in [6, 6.07) is 0.413. The standard InChI is InChI=1S/C16H32N2/c1-12-6-5-9-18(10-12)11-14-7-8-15(17)13(2)16(14,3)4/h12-15H,5-11,17H2,1-4H3. The van der Waals surface area contributed by atoms with E-state index < -0.39 is 0 Å². The Bertz CT molecular complexity index is 274. The normalized spacial score (nSPS) is 41.8. The molecule has 1 aliphatic heterocycles. The molecule has 0 radical (unpaired) electrons. The van der Waals surface area contributed by atoms with Crippen LogP contribution in [0, 0.1) is 23.2 Å². The van der Waals surface area contributed by atoms with Crippen molar-refractivity contribution >= 4 is 0 Å². The number of hydrogen-bond acceptors (Lipinski definition) is 2. The quantitative estimate of drug-likeness (QED) is 0.818. The molecule has 18 heavy (non-hydrogen) atoms. The number of piperidine rings is 1. The van der Waals surface area contributed by atoms with Gasteiger partial charge in [0.25, 0.3) is 0 Å². The summed E-state index contributed by atoms with van der Waals surface area (Å²) in [7, 11) is 0. The number of nitrogens with zero attached hydrogens (tertiary/aromatic N) is 1. The summed E-state index contributed by atoms with van der Waals surface area (Å²) >= 11 is 0. The second-order valence-corrected chi connectivity index (χ2v) is 7.56. The van der Waals surface area contributed by atoms with Crippen molar-refractivity contribution in [2.75, 3.05) is 19.6 Å². The molecule has 1 saturated heterocycles. The Morgan fingerprint density at radius 1 is 1.17 bits per heavy atom. The van der Waals surface area contributed by atoms with E-state index in [1.54, 1.807) is 0 Å². The van der Waals surface area contributed by atoms with Gasteiger partial charge in [0.1, 0.15) is 0 Å². The molecule has 0 amide bonds. The second kappa shape index (κ2) is 5.50. The van der Waals surface area contributed by atoms with Crippen LogP contribution < -0.4 is 5.73 Å². The molecule has 2 heteroatoms. The molecule has 1 aliphatic carbocycles. The average molecular weight is 252 g/mol. The minimum atomic E-state index is 0.401. The molecule has 2 nitrogen and oxygen atoms in total. The zero-order valence-electron chi connectivity index (χ0n) is 12.8. The van der Waals surface area contributed by atoms with E-state index in [1.807, 2.05) is 0 Å². The van der Waals surface area contributed by atoms with E-state index in [4.69, 9.17) is 5.73 Å². The van der Waals surface area contributed by atoms with Gasteiger partial charge in [-0.2, -0.15) is 0 Å². The van der Waals surface area contributed by atoms with Crippen LogP contribution in [-0.2, 0) is 0 Å². The van der Waals surface area contributed by atoms with E-state index in [-0.39, 0.29) is 0 Å². The molecule has 0 spiro atoms. The number of rotatable bonds is 2. The first kappa shape index (κ1) is 14.3. The summed E-state index contributed by atoms with van der Waals surface area (Å²) in [6.07, 6.45) is 5.36. The van der Waals surface area contributed by atoms with Crippen LogP contribution >= 0.6 is 0 Å². The highest BCUT2D eigenvalue weighted by atomic mass is 15.1. The van der Waals surface area contributed by atoms with Gasteiger partial charge < -0.3 is 10.6 Å². The lowest BCUT2D eigenvalue weighted by Gasteiger charge is -2.49. The largest absolute Gasteiger partial charge is 0.327 e.